The maximum Gasteiger partial charge on any atom is 0.253 e. The second-order valence-corrected chi connectivity index (χ2v) is 5.67. The van der Waals surface area contributed by atoms with Gasteiger partial charge in [0.15, 0.2) is 5.78 Å². The zero-order valence-electron chi connectivity index (χ0n) is 11.6. The van der Waals surface area contributed by atoms with Crippen LogP contribution in [0.1, 0.15) is 10.4 Å². The molecule has 2 heterocycles. The molecule has 0 amide bonds. The Kier molecular flexibility index (Phi) is 4.26. The number of nitrogens with zero attached hydrogens (tertiary/aromatic N) is 4. The van der Waals surface area contributed by atoms with E-state index in [0.717, 1.165) is 0 Å². The third kappa shape index (κ3) is 3.05. The highest BCUT2D eigenvalue weighted by Gasteiger charge is 2.12. The fourth-order valence-corrected chi connectivity index (χ4v) is 2.80. The van der Waals surface area contributed by atoms with E-state index in [4.69, 9.17) is 16.3 Å². The molecular weight excluding hydrogens is 324 g/mol. The van der Waals surface area contributed by atoms with Crippen LogP contribution in [0.25, 0.3) is 5.78 Å². The van der Waals surface area contributed by atoms with E-state index in [1.165, 1.54) is 18.9 Å². The maximum absolute atomic E-state index is 12.2. The molecule has 1 aromatic carbocycles. The number of benzene rings is 1. The van der Waals surface area contributed by atoms with Crippen molar-refractivity contribution in [3.63, 3.8) is 0 Å². The Labute approximate surface area is 135 Å². The number of carbonyl (C=O) groups is 1. The van der Waals surface area contributed by atoms with Crippen LogP contribution >= 0.6 is 23.4 Å². The van der Waals surface area contributed by atoms with Gasteiger partial charge in [0.25, 0.3) is 5.78 Å². The third-order valence-electron chi connectivity index (χ3n) is 2.90. The molecule has 112 valence electrons. The maximum atomic E-state index is 12.2. The molecule has 6 nitrogen and oxygen atoms in total. The summed E-state index contributed by atoms with van der Waals surface area (Å²) in [7, 11) is 1.53. The highest BCUT2D eigenvalue weighted by atomic mass is 35.5. The second-order valence-electron chi connectivity index (χ2n) is 4.32. The van der Waals surface area contributed by atoms with Crippen molar-refractivity contribution in [3.8, 4) is 5.75 Å². The molecule has 0 aliphatic rings. The lowest BCUT2D eigenvalue weighted by Crippen LogP contribution is -2.03. The summed E-state index contributed by atoms with van der Waals surface area (Å²) in [4.78, 5) is 20.5. The summed E-state index contributed by atoms with van der Waals surface area (Å²) in [6.45, 7) is 0. The number of hydrogen-bond acceptors (Lipinski definition) is 6. The summed E-state index contributed by atoms with van der Waals surface area (Å²) in [6.07, 6.45) is 3.40. The average Bonchev–Trinajstić information content (AvgIpc) is 2.95. The summed E-state index contributed by atoms with van der Waals surface area (Å²) in [5.74, 6) is 1.21. The van der Waals surface area contributed by atoms with E-state index in [1.54, 1.807) is 41.2 Å². The number of carbonyl (C=O) groups excluding carboxylic acids is 1. The van der Waals surface area contributed by atoms with Crippen molar-refractivity contribution in [2.75, 3.05) is 12.9 Å². The Morgan fingerprint density at radius 3 is 3.05 bits per heavy atom. The van der Waals surface area contributed by atoms with E-state index in [-0.39, 0.29) is 11.5 Å². The van der Waals surface area contributed by atoms with Crippen molar-refractivity contribution < 1.29 is 9.53 Å². The van der Waals surface area contributed by atoms with Crippen LogP contribution in [0.5, 0.6) is 5.75 Å². The van der Waals surface area contributed by atoms with Gasteiger partial charge in [-0.15, -0.1) is 5.10 Å². The molecule has 0 atom stereocenters. The molecule has 0 unspecified atom stereocenters. The number of Topliss-reactive ketones (excluding diaryl/α,β-unsaturated/α-hetero) is 1. The molecule has 0 fully saturated rings. The van der Waals surface area contributed by atoms with Gasteiger partial charge in [-0.1, -0.05) is 23.4 Å². The largest absolute Gasteiger partial charge is 0.495 e. The van der Waals surface area contributed by atoms with Gasteiger partial charge >= 0.3 is 0 Å². The molecule has 8 heteroatoms. The molecular formula is C14H11ClN4O2S. The van der Waals surface area contributed by atoms with Gasteiger partial charge in [-0.05, 0) is 24.3 Å². The molecule has 0 bridgehead atoms. The normalized spacial score (nSPS) is 10.8. The average molecular weight is 335 g/mol. The Bertz CT molecular complexity index is 804. The van der Waals surface area contributed by atoms with Crippen LogP contribution in [0, 0.1) is 0 Å². The van der Waals surface area contributed by atoms with E-state index in [9.17, 15) is 4.79 Å². The molecule has 2 aromatic heterocycles. The third-order valence-corrected chi connectivity index (χ3v) is 4.04. The van der Waals surface area contributed by atoms with Gasteiger partial charge in [-0.25, -0.2) is 9.50 Å². The highest BCUT2D eigenvalue weighted by Crippen LogP contribution is 2.26. The number of hydrogen-bond donors (Lipinski definition) is 0. The van der Waals surface area contributed by atoms with Crippen molar-refractivity contribution in [2.24, 2.45) is 0 Å². The standard InChI is InChI=1S/C14H11ClN4O2S/c1-21-12-4-3-9(7-10(12)15)11(20)8-22-14-17-13-16-5-2-6-19(13)18-14/h2-7H,8H2,1H3. The lowest BCUT2D eigenvalue weighted by molar-refractivity contribution is 0.102. The summed E-state index contributed by atoms with van der Waals surface area (Å²) >= 11 is 7.28. The van der Waals surface area contributed by atoms with Crippen molar-refractivity contribution >= 4 is 34.9 Å². The number of fused-ring (bicyclic) bond motifs is 1. The van der Waals surface area contributed by atoms with Gasteiger partial charge in [0.1, 0.15) is 5.75 Å². The fourth-order valence-electron chi connectivity index (χ4n) is 1.83. The van der Waals surface area contributed by atoms with Gasteiger partial charge in [-0.3, -0.25) is 4.79 Å². The van der Waals surface area contributed by atoms with Crippen molar-refractivity contribution in [3.05, 3.63) is 47.2 Å². The molecule has 0 N–H and O–H groups in total. The van der Waals surface area contributed by atoms with Crippen LogP contribution < -0.4 is 4.74 Å². The summed E-state index contributed by atoms with van der Waals surface area (Å²) in [5, 5.41) is 5.15. The lowest BCUT2D eigenvalue weighted by atomic mass is 10.1. The van der Waals surface area contributed by atoms with Crippen LogP contribution in [0.2, 0.25) is 5.02 Å². The lowest BCUT2D eigenvalue weighted by Gasteiger charge is -2.04. The van der Waals surface area contributed by atoms with Crippen molar-refractivity contribution in [2.45, 2.75) is 5.16 Å². The zero-order valence-corrected chi connectivity index (χ0v) is 13.1. The first-order valence-electron chi connectivity index (χ1n) is 6.34. The molecule has 3 aromatic rings. The van der Waals surface area contributed by atoms with Crippen LogP contribution in [-0.2, 0) is 0 Å². The van der Waals surface area contributed by atoms with Gasteiger partial charge in [0, 0.05) is 18.0 Å². The predicted molar refractivity (Wildman–Crippen MR) is 83.8 cm³/mol. The minimum atomic E-state index is -0.0543. The number of methoxy groups -OCH3 is 1. The van der Waals surface area contributed by atoms with Gasteiger partial charge in [-0.2, -0.15) is 4.98 Å². The summed E-state index contributed by atoms with van der Waals surface area (Å²) in [6, 6.07) is 6.72. The number of thioether (sulfide) groups is 1. The van der Waals surface area contributed by atoms with Gasteiger partial charge in [0.2, 0.25) is 5.16 Å². The topological polar surface area (TPSA) is 69.4 Å². The molecule has 0 aliphatic carbocycles. The number of ketones is 1. The van der Waals surface area contributed by atoms with Crippen LogP contribution in [0.15, 0.2) is 41.8 Å². The minimum absolute atomic E-state index is 0.0543. The van der Waals surface area contributed by atoms with Crippen LogP contribution in [-0.4, -0.2) is 38.2 Å². The quantitative estimate of drug-likeness (QED) is 0.528. The Morgan fingerprint density at radius 2 is 2.32 bits per heavy atom. The first kappa shape index (κ1) is 14.8. The molecule has 0 saturated heterocycles. The number of rotatable bonds is 5. The van der Waals surface area contributed by atoms with E-state index in [2.05, 4.69) is 15.1 Å². The minimum Gasteiger partial charge on any atom is -0.495 e. The van der Waals surface area contributed by atoms with E-state index in [0.29, 0.717) is 27.3 Å². The second kappa shape index (κ2) is 6.33. The first-order chi connectivity index (χ1) is 10.7. The molecule has 0 saturated carbocycles. The smallest absolute Gasteiger partial charge is 0.253 e. The summed E-state index contributed by atoms with van der Waals surface area (Å²) < 4.78 is 6.63. The zero-order chi connectivity index (χ0) is 15.5. The first-order valence-corrected chi connectivity index (χ1v) is 7.70. The van der Waals surface area contributed by atoms with Crippen LogP contribution in [0.4, 0.5) is 0 Å². The predicted octanol–water partition coefficient (Wildman–Crippen LogP) is 2.76. The van der Waals surface area contributed by atoms with Crippen molar-refractivity contribution in [1.29, 1.82) is 0 Å². The van der Waals surface area contributed by atoms with Gasteiger partial charge in [0.05, 0.1) is 17.9 Å². The molecule has 22 heavy (non-hydrogen) atoms. The van der Waals surface area contributed by atoms with E-state index in [1.807, 2.05) is 0 Å². The van der Waals surface area contributed by atoms with E-state index < -0.39 is 0 Å². The summed E-state index contributed by atoms with van der Waals surface area (Å²) in [5.41, 5.74) is 0.528. The fraction of sp³-hybridized carbons (Fsp3) is 0.143. The van der Waals surface area contributed by atoms with Crippen molar-refractivity contribution in [1.82, 2.24) is 19.6 Å². The molecule has 3 rings (SSSR count). The molecule has 0 radical (unpaired) electrons. The monoisotopic (exact) mass is 334 g/mol. The Hall–Kier alpha value is -2.12. The number of ether oxygens (including phenoxy) is 1. The molecule has 0 spiro atoms. The molecule has 0 aliphatic heterocycles. The SMILES string of the molecule is COc1ccc(C(=O)CSc2nc3ncccn3n2)cc1Cl. The number of halogens is 1. The Balaban J connectivity index is 1.70. The van der Waals surface area contributed by atoms with Gasteiger partial charge < -0.3 is 4.74 Å². The van der Waals surface area contributed by atoms with E-state index >= 15 is 0 Å². The highest BCUT2D eigenvalue weighted by molar-refractivity contribution is 7.99. The van der Waals surface area contributed by atoms with Crippen LogP contribution in [0.3, 0.4) is 0 Å². The number of aromatic nitrogens is 4. The Morgan fingerprint density at radius 1 is 1.45 bits per heavy atom.